The Labute approximate surface area is 125 Å². The Hall–Kier alpha value is -1.13. The van der Waals surface area contributed by atoms with E-state index in [-0.39, 0.29) is 10.6 Å². The third kappa shape index (κ3) is 5.47. The topological polar surface area (TPSA) is 46.4 Å². The SMILES string of the molecule is CC(C)CN(Cc1cc([N+](=O)[O-])ccc1Cl)CC(C)C. The molecule has 0 saturated carbocycles. The van der Waals surface area contributed by atoms with E-state index < -0.39 is 0 Å². The largest absolute Gasteiger partial charge is 0.299 e. The summed E-state index contributed by atoms with van der Waals surface area (Å²) in [6.07, 6.45) is 0. The van der Waals surface area contributed by atoms with Gasteiger partial charge in [-0.05, 0) is 23.5 Å². The van der Waals surface area contributed by atoms with Crippen molar-refractivity contribution in [3.63, 3.8) is 0 Å². The van der Waals surface area contributed by atoms with Gasteiger partial charge in [0.2, 0.25) is 0 Å². The molecule has 0 atom stereocenters. The maximum Gasteiger partial charge on any atom is 0.269 e. The first-order valence-electron chi connectivity index (χ1n) is 6.94. The lowest BCUT2D eigenvalue weighted by molar-refractivity contribution is -0.384. The fourth-order valence-corrected chi connectivity index (χ4v) is 2.45. The predicted molar refractivity (Wildman–Crippen MR) is 83.1 cm³/mol. The minimum absolute atomic E-state index is 0.0958. The van der Waals surface area contributed by atoms with E-state index in [4.69, 9.17) is 11.6 Å². The van der Waals surface area contributed by atoms with Crippen LogP contribution in [0.1, 0.15) is 33.3 Å². The van der Waals surface area contributed by atoms with Gasteiger partial charge < -0.3 is 0 Å². The molecule has 0 aromatic heterocycles. The lowest BCUT2D eigenvalue weighted by Crippen LogP contribution is -2.31. The van der Waals surface area contributed by atoms with Crippen LogP contribution in [-0.4, -0.2) is 22.9 Å². The summed E-state index contributed by atoms with van der Waals surface area (Å²) in [5.74, 6) is 1.09. The standard InChI is InChI=1S/C15H23ClN2O2/c1-11(2)8-17(9-12(3)4)10-13-7-14(18(19)20)5-6-15(13)16/h5-7,11-12H,8-10H2,1-4H3. The highest BCUT2D eigenvalue weighted by atomic mass is 35.5. The van der Waals surface area contributed by atoms with Gasteiger partial charge in [-0.25, -0.2) is 0 Å². The van der Waals surface area contributed by atoms with Crippen molar-refractivity contribution in [1.82, 2.24) is 4.90 Å². The minimum atomic E-state index is -0.380. The average molecular weight is 299 g/mol. The second-order valence-corrected chi connectivity index (χ2v) is 6.42. The summed E-state index contributed by atoms with van der Waals surface area (Å²) in [5.41, 5.74) is 0.917. The average Bonchev–Trinajstić information content (AvgIpc) is 2.29. The van der Waals surface area contributed by atoms with Crippen molar-refractivity contribution in [1.29, 1.82) is 0 Å². The number of benzene rings is 1. The molecule has 5 heteroatoms. The van der Waals surface area contributed by atoms with Crippen LogP contribution < -0.4 is 0 Å². The van der Waals surface area contributed by atoms with Gasteiger partial charge in [-0.15, -0.1) is 0 Å². The van der Waals surface area contributed by atoms with Crippen LogP contribution in [-0.2, 0) is 6.54 Å². The smallest absolute Gasteiger partial charge is 0.269 e. The van der Waals surface area contributed by atoms with E-state index in [1.807, 2.05) is 0 Å². The van der Waals surface area contributed by atoms with Crippen molar-refractivity contribution >= 4 is 17.3 Å². The van der Waals surface area contributed by atoms with Gasteiger partial charge in [0.1, 0.15) is 0 Å². The van der Waals surface area contributed by atoms with E-state index in [9.17, 15) is 10.1 Å². The molecule has 0 radical (unpaired) electrons. The van der Waals surface area contributed by atoms with Crippen molar-refractivity contribution in [3.05, 3.63) is 38.9 Å². The summed E-state index contributed by atoms with van der Waals surface area (Å²) in [7, 11) is 0. The number of nitrogens with zero attached hydrogens (tertiary/aromatic N) is 2. The number of nitro benzene ring substituents is 1. The van der Waals surface area contributed by atoms with E-state index in [1.54, 1.807) is 12.1 Å². The molecule has 112 valence electrons. The fraction of sp³-hybridized carbons (Fsp3) is 0.600. The Bertz CT molecular complexity index is 451. The first-order chi connectivity index (χ1) is 9.29. The maximum atomic E-state index is 10.9. The van der Waals surface area contributed by atoms with Crippen molar-refractivity contribution < 1.29 is 4.92 Å². The molecule has 0 aliphatic heterocycles. The Morgan fingerprint density at radius 2 is 1.75 bits per heavy atom. The summed E-state index contributed by atoms with van der Waals surface area (Å²) in [6, 6.07) is 4.63. The molecule has 0 aliphatic carbocycles. The van der Waals surface area contributed by atoms with Crippen LogP contribution in [0.5, 0.6) is 0 Å². The van der Waals surface area contributed by atoms with Crippen molar-refractivity contribution in [2.75, 3.05) is 13.1 Å². The number of hydrogen-bond acceptors (Lipinski definition) is 3. The molecule has 1 aromatic carbocycles. The third-order valence-electron chi connectivity index (χ3n) is 2.88. The van der Waals surface area contributed by atoms with E-state index in [1.165, 1.54) is 6.07 Å². The van der Waals surface area contributed by atoms with Crippen LogP contribution in [0.2, 0.25) is 5.02 Å². The zero-order valence-electron chi connectivity index (χ0n) is 12.6. The van der Waals surface area contributed by atoms with Gasteiger partial charge in [-0.3, -0.25) is 15.0 Å². The van der Waals surface area contributed by atoms with Gasteiger partial charge in [0.25, 0.3) is 5.69 Å². The van der Waals surface area contributed by atoms with Crippen LogP contribution in [0.25, 0.3) is 0 Å². The second-order valence-electron chi connectivity index (χ2n) is 6.01. The molecule has 4 nitrogen and oxygen atoms in total. The van der Waals surface area contributed by atoms with Gasteiger partial charge in [0.05, 0.1) is 4.92 Å². The lowest BCUT2D eigenvalue weighted by atomic mass is 10.1. The normalized spacial score (nSPS) is 11.6. The van der Waals surface area contributed by atoms with Gasteiger partial charge in [-0.2, -0.15) is 0 Å². The highest BCUT2D eigenvalue weighted by Gasteiger charge is 2.15. The maximum absolute atomic E-state index is 10.9. The molecule has 0 aliphatic rings. The number of hydrogen-bond donors (Lipinski definition) is 0. The summed E-state index contributed by atoms with van der Waals surface area (Å²) < 4.78 is 0. The Kier molecular flexibility index (Phi) is 6.43. The fourth-order valence-electron chi connectivity index (χ4n) is 2.27. The monoisotopic (exact) mass is 298 g/mol. The van der Waals surface area contributed by atoms with Crippen molar-refractivity contribution in [3.8, 4) is 0 Å². The molecule has 0 bridgehead atoms. The molecule has 0 amide bonds. The van der Waals surface area contributed by atoms with Crippen LogP contribution in [0.3, 0.4) is 0 Å². The number of rotatable bonds is 7. The molecule has 0 spiro atoms. The summed E-state index contributed by atoms with van der Waals surface area (Å²) >= 11 is 6.17. The quantitative estimate of drug-likeness (QED) is 0.555. The molecule has 0 N–H and O–H groups in total. The zero-order chi connectivity index (χ0) is 15.3. The molecule has 1 aromatic rings. The number of halogens is 1. The van der Waals surface area contributed by atoms with Crippen LogP contribution in [0, 0.1) is 22.0 Å². The first-order valence-corrected chi connectivity index (χ1v) is 7.32. The summed E-state index contributed by atoms with van der Waals surface area (Å²) in [6.45, 7) is 11.2. The Morgan fingerprint density at radius 3 is 2.20 bits per heavy atom. The first kappa shape index (κ1) is 16.9. The molecule has 0 fully saturated rings. The molecular weight excluding hydrogens is 276 g/mol. The Balaban J connectivity index is 2.91. The number of nitro groups is 1. The third-order valence-corrected chi connectivity index (χ3v) is 3.25. The van der Waals surface area contributed by atoms with Crippen LogP contribution >= 0.6 is 11.6 Å². The van der Waals surface area contributed by atoms with E-state index in [0.29, 0.717) is 23.4 Å². The zero-order valence-corrected chi connectivity index (χ0v) is 13.4. The molecule has 0 heterocycles. The number of non-ortho nitro benzene ring substituents is 1. The van der Waals surface area contributed by atoms with E-state index >= 15 is 0 Å². The molecule has 1 rings (SSSR count). The molecule has 0 unspecified atom stereocenters. The highest BCUT2D eigenvalue weighted by molar-refractivity contribution is 6.31. The summed E-state index contributed by atoms with van der Waals surface area (Å²) in [4.78, 5) is 12.8. The van der Waals surface area contributed by atoms with Crippen molar-refractivity contribution in [2.45, 2.75) is 34.2 Å². The van der Waals surface area contributed by atoms with Crippen molar-refractivity contribution in [2.24, 2.45) is 11.8 Å². The molecule has 0 saturated heterocycles. The predicted octanol–water partition coefficient (Wildman–Crippen LogP) is 4.36. The second kappa shape index (κ2) is 7.60. The van der Waals surface area contributed by atoms with E-state index in [2.05, 4.69) is 32.6 Å². The van der Waals surface area contributed by atoms with Gasteiger partial charge in [0, 0.05) is 36.8 Å². The van der Waals surface area contributed by atoms with Gasteiger partial charge >= 0.3 is 0 Å². The Morgan fingerprint density at radius 1 is 1.20 bits per heavy atom. The summed E-state index contributed by atoms with van der Waals surface area (Å²) in [5, 5.41) is 11.4. The molecular formula is C15H23ClN2O2. The van der Waals surface area contributed by atoms with Crippen LogP contribution in [0.15, 0.2) is 18.2 Å². The van der Waals surface area contributed by atoms with Gasteiger partial charge in [-0.1, -0.05) is 39.3 Å². The molecule has 20 heavy (non-hydrogen) atoms. The van der Waals surface area contributed by atoms with E-state index in [0.717, 1.165) is 18.7 Å². The van der Waals surface area contributed by atoms with Crippen LogP contribution in [0.4, 0.5) is 5.69 Å². The lowest BCUT2D eigenvalue weighted by Gasteiger charge is -2.26. The van der Waals surface area contributed by atoms with Gasteiger partial charge in [0.15, 0.2) is 0 Å². The highest BCUT2D eigenvalue weighted by Crippen LogP contribution is 2.24. The minimum Gasteiger partial charge on any atom is -0.299 e.